The maximum absolute atomic E-state index is 11.8. The van der Waals surface area contributed by atoms with Crippen molar-refractivity contribution in [3.63, 3.8) is 0 Å². The monoisotopic (exact) mass is 397 g/mol. The lowest BCUT2D eigenvalue weighted by atomic mass is 10.2. The summed E-state index contributed by atoms with van der Waals surface area (Å²) in [4.78, 5) is 11.8. The zero-order chi connectivity index (χ0) is 19.8. The Hall–Kier alpha value is -3.13. The SMILES string of the molecule is COc1ccccc1CNC(=S)NCCCNc1n[nH]c(=O)c2ccccc12. The van der Waals surface area contributed by atoms with Crippen LogP contribution in [0.2, 0.25) is 0 Å². The van der Waals surface area contributed by atoms with Gasteiger partial charge in [0.1, 0.15) is 5.75 Å². The zero-order valence-electron chi connectivity index (χ0n) is 15.6. The first kappa shape index (κ1) is 19.6. The van der Waals surface area contributed by atoms with Gasteiger partial charge >= 0.3 is 0 Å². The van der Waals surface area contributed by atoms with Crippen LogP contribution < -0.4 is 26.2 Å². The Kier molecular flexibility index (Phi) is 6.80. The number of nitrogens with zero attached hydrogens (tertiary/aromatic N) is 1. The summed E-state index contributed by atoms with van der Waals surface area (Å²) in [6.45, 7) is 2.01. The lowest BCUT2D eigenvalue weighted by Gasteiger charge is -2.13. The van der Waals surface area contributed by atoms with Gasteiger partial charge in [-0.25, -0.2) is 5.10 Å². The molecular formula is C20H23N5O2S. The highest BCUT2D eigenvalue weighted by Gasteiger charge is 2.05. The molecule has 7 nitrogen and oxygen atoms in total. The summed E-state index contributed by atoms with van der Waals surface area (Å²) in [7, 11) is 1.66. The summed E-state index contributed by atoms with van der Waals surface area (Å²) < 4.78 is 5.33. The number of methoxy groups -OCH3 is 1. The van der Waals surface area contributed by atoms with Crippen LogP contribution in [0.3, 0.4) is 0 Å². The maximum atomic E-state index is 11.8. The fourth-order valence-electron chi connectivity index (χ4n) is 2.83. The van der Waals surface area contributed by atoms with Crippen molar-refractivity contribution in [3.05, 3.63) is 64.4 Å². The average molecular weight is 398 g/mol. The van der Waals surface area contributed by atoms with Crippen LogP contribution in [-0.2, 0) is 6.54 Å². The first-order chi connectivity index (χ1) is 13.7. The molecule has 3 aromatic rings. The van der Waals surface area contributed by atoms with E-state index in [0.29, 0.717) is 36.0 Å². The van der Waals surface area contributed by atoms with Gasteiger partial charge in [0.2, 0.25) is 0 Å². The number of benzene rings is 2. The van der Waals surface area contributed by atoms with Crippen molar-refractivity contribution >= 4 is 33.9 Å². The summed E-state index contributed by atoms with van der Waals surface area (Å²) in [6, 6.07) is 15.2. The lowest BCUT2D eigenvalue weighted by molar-refractivity contribution is 0.409. The summed E-state index contributed by atoms with van der Waals surface area (Å²) in [6.07, 6.45) is 0.839. The molecule has 0 amide bonds. The molecule has 0 aliphatic rings. The molecule has 0 aliphatic heterocycles. The zero-order valence-corrected chi connectivity index (χ0v) is 16.4. The minimum atomic E-state index is -0.186. The number of ether oxygens (including phenoxy) is 1. The van der Waals surface area contributed by atoms with E-state index in [9.17, 15) is 4.79 Å². The fraction of sp³-hybridized carbons (Fsp3) is 0.250. The van der Waals surface area contributed by atoms with Gasteiger partial charge in [0.05, 0.1) is 12.5 Å². The van der Waals surface area contributed by atoms with Crippen LogP contribution in [-0.4, -0.2) is 35.5 Å². The molecule has 28 heavy (non-hydrogen) atoms. The number of anilines is 1. The first-order valence-corrected chi connectivity index (χ1v) is 9.44. The third-order valence-corrected chi connectivity index (χ3v) is 4.55. The Labute approximate surface area is 168 Å². The van der Waals surface area contributed by atoms with Gasteiger partial charge in [-0.1, -0.05) is 36.4 Å². The normalized spacial score (nSPS) is 10.5. The Morgan fingerprint density at radius 1 is 1.07 bits per heavy atom. The molecule has 1 aromatic heterocycles. The van der Waals surface area contributed by atoms with Crippen LogP contribution in [0.25, 0.3) is 10.8 Å². The molecule has 0 radical (unpaired) electrons. The summed E-state index contributed by atoms with van der Waals surface area (Å²) >= 11 is 5.32. The van der Waals surface area contributed by atoms with Crippen molar-refractivity contribution in [1.29, 1.82) is 0 Å². The van der Waals surface area contributed by atoms with Gasteiger partial charge in [0.15, 0.2) is 10.9 Å². The molecule has 0 aliphatic carbocycles. The van der Waals surface area contributed by atoms with Gasteiger partial charge in [-0.2, -0.15) is 5.10 Å². The predicted octanol–water partition coefficient (Wildman–Crippen LogP) is 2.40. The fourth-order valence-corrected chi connectivity index (χ4v) is 3.01. The minimum absolute atomic E-state index is 0.186. The highest BCUT2D eigenvalue weighted by atomic mass is 32.1. The van der Waals surface area contributed by atoms with Gasteiger partial charge in [-0.15, -0.1) is 0 Å². The minimum Gasteiger partial charge on any atom is -0.496 e. The van der Waals surface area contributed by atoms with Gasteiger partial charge in [-0.05, 0) is 30.8 Å². The van der Waals surface area contributed by atoms with E-state index < -0.39 is 0 Å². The predicted molar refractivity (Wildman–Crippen MR) is 116 cm³/mol. The number of hydrogen-bond donors (Lipinski definition) is 4. The lowest BCUT2D eigenvalue weighted by Crippen LogP contribution is -2.35. The molecular weight excluding hydrogens is 374 g/mol. The van der Waals surface area contributed by atoms with E-state index in [-0.39, 0.29) is 5.56 Å². The van der Waals surface area contributed by atoms with Crippen molar-refractivity contribution in [1.82, 2.24) is 20.8 Å². The highest BCUT2D eigenvalue weighted by Crippen LogP contribution is 2.17. The standard InChI is InChI=1S/C20H23N5O2S/c1-27-17-10-5-2-7-14(17)13-23-20(28)22-12-6-11-21-18-15-8-3-4-9-16(15)19(26)25-24-18/h2-5,7-10H,6,11-13H2,1H3,(H,21,24)(H,25,26)(H2,22,23,28). The molecule has 0 saturated carbocycles. The van der Waals surface area contributed by atoms with Crippen LogP contribution in [0, 0.1) is 0 Å². The van der Waals surface area contributed by atoms with Gasteiger partial charge in [0.25, 0.3) is 5.56 Å². The summed E-state index contributed by atoms with van der Waals surface area (Å²) in [5, 5.41) is 18.3. The number of rotatable bonds is 8. The Morgan fingerprint density at radius 3 is 2.64 bits per heavy atom. The van der Waals surface area contributed by atoms with E-state index in [1.165, 1.54) is 0 Å². The molecule has 0 fully saturated rings. The average Bonchev–Trinajstić information content (AvgIpc) is 2.74. The number of H-pyrrole nitrogens is 1. The van der Waals surface area contributed by atoms with E-state index in [4.69, 9.17) is 17.0 Å². The van der Waals surface area contributed by atoms with E-state index in [0.717, 1.165) is 23.1 Å². The largest absolute Gasteiger partial charge is 0.496 e. The van der Waals surface area contributed by atoms with Crippen LogP contribution in [0.5, 0.6) is 5.75 Å². The van der Waals surface area contributed by atoms with Crippen molar-refractivity contribution in [2.75, 3.05) is 25.5 Å². The van der Waals surface area contributed by atoms with Crippen LogP contribution in [0.15, 0.2) is 53.3 Å². The van der Waals surface area contributed by atoms with Crippen LogP contribution >= 0.6 is 12.2 Å². The van der Waals surface area contributed by atoms with Crippen molar-refractivity contribution < 1.29 is 4.74 Å². The highest BCUT2D eigenvalue weighted by molar-refractivity contribution is 7.80. The second kappa shape index (κ2) is 9.70. The van der Waals surface area contributed by atoms with Crippen molar-refractivity contribution in [3.8, 4) is 5.75 Å². The number of thiocarbonyl (C=S) groups is 1. The number of nitrogens with one attached hydrogen (secondary N) is 4. The van der Waals surface area contributed by atoms with Crippen LogP contribution in [0.4, 0.5) is 5.82 Å². The van der Waals surface area contributed by atoms with Gasteiger partial charge < -0.3 is 20.7 Å². The molecule has 0 unspecified atom stereocenters. The molecule has 146 valence electrons. The molecule has 0 atom stereocenters. The molecule has 0 saturated heterocycles. The van der Waals surface area contributed by atoms with E-state index >= 15 is 0 Å². The van der Waals surface area contributed by atoms with Crippen LogP contribution in [0.1, 0.15) is 12.0 Å². The van der Waals surface area contributed by atoms with Gasteiger partial charge in [0, 0.05) is 30.6 Å². The number of aromatic nitrogens is 2. The van der Waals surface area contributed by atoms with E-state index in [1.54, 1.807) is 13.2 Å². The van der Waals surface area contributed by atoms with E-state index in [2.05, 4.69) is 26.1 Å². The number of fused-ring (bicyclic) bond motifs is 1. The second-order valence-corrected chi connectivity index (χ2v) is 6.56. The Balaban J connectivity index is 1.41. The molecule has 3 rings (SSSR count). The summed E-state index contributed by atoms with van der Waals surface area (Å²) in [5.74, 6) is 1.51. The Bertz CT molecular complexity index is 1010. The molecule has 0 bridgehead atoms. The topological polar surface area (TPSA) is 91.1 Å². The second-order valence-electron chi connectivity index (χ2n) is 6.15. The van der Waals surface area contributed by atoms with Crippen molar-refractivity contribution in [2.45, 2.75) is 13.0 Å². The van der Waals surface area contributed by atoms with Gasteiger partial charge in [-0.3, -0.25) is 4.79 Å². The quantitative estimate of drug-likeness (QED) is 0.343. The summed E-state index contributed by atoms with van der Waals surface area (Å²) in [5.41, 5.74) is 0.862. The number of hydrogen-bond acceptors (Lipinski definition) is 5. The van der Waals surface area contributed by atoms with Crippen molar-refractivity contribution in [2.24, 2.45) is 0 Å². The van der Waals surface area contributed by atoms with E-state index in [1.807, 2.05) is 42.5 Å². The molecule has 0 spiro atoms. The molecule has 2 aromatic carbocycles. The third kappa shape index (κ3) is 4.98. The molecule has 8 heteroatoms. The smallest absolute Gasteiger partial charge is 0.272 e. The number of para-hydroxylation sites is 1. The first-order valence-electron chi connectivity index (χ1n) is 9.04. The molecule has 4 N–H and O–H groups in total. The maximum Gasteiger partial charge on any atom is 0.272 e. The molecule has 1 heterocycles. The Morgan fingerprint density at radius 2 is 1.82 bits per heavy atom. The number of aromatic amines is 1. The third-order valence-electron chi connectivity index (χ3n) is 4.26.